The zero-order chi connectivity index (χ0) is 27.0. The van der Waals surface area contributed by atoms with Crippen molar-refractivity contribution < 1.29 is 53.3 Å². The molecular formula is C17H25N6O11PS. The Bertz CT molecular complexity index is 1160. The molecule has 5 atom stereocenters. The summed E-state index contributed by atoms with van der Waals surface area (Å²) in [5.74, 6) is -0.705. The van der Waals surface area contributed by atoms with E-state index in [0.717, 1.165) is 0 Å². The molecule has 1 aliphatic heterocycles. The normalized spacial score (nSPS) is 22.3. The second-order valence-corrected chi connectivity index (χ2v) is 8.60. The van der Waals surface area contributed by atoms with Crippen molar-refractivity contribution >= 4 is 43.4 Å². The predicted octanol–water partition coefficient (Wildman–Crippen LogP) is -1.55. The number of hydrogen-bond acceptors (Lipinski definition) is 14. The molecule has 4 heterocycles. The van der Waals surface area contributed by atoms with Crippen molar-refractivity contribution in [3.63, 3.8) is 0 Å². The average molecular weight is 552 g/mol. The Balaban J connectivity index is 0.000000287. The summed E-state index contributed by atoms with van der Waals surface area (Å²) >= 11 is 3.65. The summed E-state index contributed by atoms with van der Waals surface area (Å²) in [6.45, 7) is -0.594. The summed E-state index contributed by atoms with van der Waals surface area (Å²) in [5.41, 5.74) is 11.2. The number of nitrogens with zero attached hydrogens (tertiary/aromatic N) is 4. The first kappa shape index (κ1) is 29.4. The number of hydrogen-bond donors (Lipinski definition) is 9. The minimum Gasteiger partial charge on any atom is -0.481 e. The van der Waals surface area contributed by atoms with Crippen LogP contribution in [0, 0.1) is 0 Å². The van der Waals surface area contributed by atoms with Crippen LogP contribution in [0.3, 0.4) is 0 Å². The van der Waals surface area contributed by atoms with Gasteiger partial charge in [0.25, 0.3) is 5.95 Å². The lowest BCUT2D eigenvalue weighted by molar-refractivity contribution is -0.137. The first-order chi connectivity index (χ1) is 16.9. The molecule has 0 aliphatic carbocycles. The highest BCUT2D eigenvalue weighted by Gasteiger charge is 2.45. The number of rotatable bonds is 6. The molecule has 0 bridgehead atoms. The van der Waals surface area contributed by atoms with Gasteiger partial charge in [-0.1, -0.05) is 0 Å². The highest BCUT2D eigenvalue weighted by molar-refractivity contribution is 7.80. The van der Waals surface area contributed by atoms with Gasteiger partial charge < -0.3 is 50.8 Å². The van der Waals surface area contributed by atoms with Crippen LogP contribution in [0.1, 0.15) is 6.23 Å². The van der Waals surface area contributed by atoms with Crippen LogP contribution in [0.5, 0.6) is 5.95 Å². The third-order valence-electron chi connectivity index (χ3n) is 4.43. The second kappa shape index (κ2) is 12.9. The number of furan rings is 1. The van der Waals surface area contributed by atoms with Crippen LogP contribution < -0.4 is 11.5 Å². The largest absolute Gasteiger partial charge is 0.481 e. The predicted molar refractivity (Wildman–Crippen MR) is 123 cm³/mol. The molecule has 17 nitrogen and oxygen atoms in total. The Morgan fingerprint density at radius 2 is 1.97 bits per heavy atom. The van der Waals surface area contributed by atoms with Crippen molar-refractivity contribution in [2.45, 2.75) is 30.6 Å². The number of aromatic hydroxyl groups is 1. The number of aliphatic carboxylic acids is 1. The van der Waals surface area contributed by atoms with Crippen molar-refractivity contribution in [3.8, 4) is 5.95 Å². The number of aliphatic hydroxyl groups is 2. The number of aliphatic hydroxyl groups excluding tert-OH is 2. The second-order valence-electron chi connectivity index (χ2n) is 6.99. The lowest BCUT2D eigenvalue weighted by Gasteiger charge is -2.16. The molecule has 0 aromatic carbocycles. The van der Waals surface area contributed by atoms with E-state index in [1.54, 1.807) is 6.07 Å². The summed E-state index contributed by atoms with van der Waals surface area (Å²) in [6.07, 6.45) is -1.08. The first-order valence-electron chi connectivity index (χ1n) is 9.82. The van der Waals surface area contributed by atoms with Crippen molar-refractivity contribution in [3.05, 3.63) is 31.1 Å². The number of anilines is 1. The number of carbonyl (C=O) groups is 1. The third-order valence-corrected chi connectivity index (χ3v) is 5.30. The Morgan fingerprint density at radius 1 is 1.28 bits per heavy atom. The van der Waals surface area contributed by atoms with E-state index in [0.29, 0.717) is 5.52 Å². The van der Waals surface area contributed by atoms with E-state index in [9.17, 15) is 19.6 Å². The fourth-order valence-corrected chi connectivity index (χ4v) is 3.17. The molecule has 0 amide bonds. The van der Waals surface area contributed by atoms with Crippen LogP contribution in [-0.4, -0.2) is 92.4 Å². The highest BCUT2D eigenvalue weighted by Crippen LogP contribution is 2.38. The fraction of sp³-hybridized carbons (Fsp3) is 0.412. The van der Waals surface area contributed by atoms with E-state index < -0.39 is 51.0 Å². The minimum atomic E-state index is -4.72. The number of fused-ring (bicyclic) bond motifs is 1. The standard InChI is InChI=1S/C10H14N5O7P.C4H4O2.C3H7NO2S/c11-8-5-9(13-2-12-8)15(3-14-5)10-7(17)6(16)4(22-10)1-21-23(18,19)20;5-4-2-1-3-6-4;4-2(1-7)3(5)6/h2-4,6-7,10,16-17H,1H2,(H2,11,12,13)(H2,18,19,20);1-3,5H;2,7H,1,4H2,(H,5,6)/t4-,6-,7-,10-;;/m1../s1. The van der Waals surface area contributed by atoms with Gasteiger partial charge in [-0.05, 0) is 6.07 Å². The van der Waals surface area contributed by atoms with Gasteiger partial charge in [0.15, 0.2) is 17.7 Å². The molecule has 19 heteroatoms. The Kier molecular flexibility index (Phi) is 10.6. The fourth-order valence-electron chi connectivity index (χ4n) is 2.67. The number of phosphoric ester groups is 1. The average Bonchev–Trinajstić information content (AvgIpc) is 3.53. The molecule has 1 aliphatic rings. The number of carboxylic acid groups (broad SMARTS) is 1. The summed E-state index contributed by atoms with van der Waals surface area (Å²) in [7, 11) is -4.72. The van der Waals surface area contributed by atoms with Gasteiger partial charge in [-0.2, -0.15) is 12.6 Å². The van der Waals surface area contributed by atoms with Crippen LogP contribution in [0.2, 0.25) is 0 Å². The molecule has 200 valence electrons. The molecule has 4 rings (SSSR count). The number of thiol groups is 1. The van der Waals surface area contributed by atoms with Crippen LogP contribution in [0.25, 0.3) is 11.2 Å². The van der Waals surface area contributed by atoms with E-state index in [-0.39, 0.29) is 23.2 Å². The van der Waals surface area contributed by atoms with Gasteiger partial charge >= 0.3 is 13.8 Å². The number of imidazole rings is 1. The van der Waals surface area contributed by atoms with Crippen LogP contribution in [0.4, 0.5) is 5.82 Å². The van der Waals surface area contributed by atoms with E-state index in [1.807, 2.05) is 0 Å². The van der Waals surface area contributed by atoms with Gasteiger partial charge in [0, 0.05) is 11.8 Å². The molecule has 36 heavy (non-hydrogen) atoms. The molecule has 0 spiro atoms. The molecule has 0 radical (unpaired) electrons. The molecule has 0 saturated carbocycles. The van der Waals surface area contributed by atoms with E-state index in [2.05, 4.69) is 36.5 Å². The van der Waals surface area contributed by atoms with Gasteiger partial charge in [0.05, 0.1) is 19.2 Å². The molecular weight excluding hydrogens is 527 g/mol. The molecule has 3 aromatic rings. The van der Waals surface area contributed by atoms with Crippen LogP contribution in [0.15, 0.2) is 35.5 Å². The summed E-state index contributed by atoms with van der Waals surface area (Å²) in [6, 6.07) is 2.28. The lowest BCUT2D eigenvalue weighted by atomic mass is 10.1. The number of nitrogens with two attached hydrogens (primary N) is 2. The monoisotopic (exact) mass is 552 g/mol. The molecule has 1 fully saturated rings. The summed E-state index contributed by atoms with van der Waals surface area (Å²) < 4.78 is 26.2. The number of phosphoric acid groups is 1. The topological polar surface area (TPSA) is 283 Å². The Hall–Kier alpha value is -2.80. The van der Waals surface area contributed by atoms with Crippen LogP contribution >= 0.6 is 20.5 Å². The van der Waals surface area contributed by atoms with Gasteiger partial charge in [-0.15, -0.1) is 0 Å². The number of aromatic nitrogens is 4. The molecule has 1 saturated heterocycles. The maximum absolute atomic E-state index is 10.7. The summed E-state index contributed by atoms with van der Waals surface area (Å²) in [4.78, 5) is 38.9. The highest BCUT2D eigenvalue weighted by atomic mass is 32.1. The van der Waals surface area contributed by atoms with Gasteiger partial charge in [0.1, 0.15) is 36.2 Å². The molecule has 10 N–H and O–H groups in total. The smallest absolute Gasteiger partial charge is 0.469 e. The number of nitrogen functional groups attached to an aromatic ring is 1. The third kappa shape index (κ3) is 8.12. The van der Waals surface area contributed by atoms with Crippen molar-refractivity contribution in [1.29, 1.82) is 0 Å². The quantitative estimate of drug-likeness (QED) is 0.123. The van der Waals surface area contributed by atoms with Gasteiger partial charge in [-0.3, -0.25) is 13.9 Å². The SMILES string of the molecule is NC(CS)C(=O)O.Nc1ncnc2c1ncn2[C@@H]1O[C@H](COP(=O)(O)O)[C@@H](O)[C@H]1O.Oc1ccco1. The van der Waals surface area contributed by atoms with Crippen LogP contribution in [-0.2, 0) is 18.6 Å². The van der Waals surface area contributed by atoms with E-state index in [4.69, 9.17) is 36.2 Å². The van der Waals surface area contributed by atoms with E-state index >= 15 is 0 Å². The minimum absolute atomic E-state index is 0.0324. The summed E-state index contributed by atoms with van der Waals surface area (Å²) in [5, 5.41) is 36.4. The van der Waals surface area contributed by atoms with Crippen molar-refractivity contribution in [1.82, 2.24) is 19.5 Å². The number of ether oxygens (including phenoxy) is 1. The number of carboxylic acids is 1. The van der Waals surface area contributed by atoms with Gasteiger partial charge in [0.2, 0.25) is 0 Å². The maximum atomic E-state index is 10.7. The van der Waals surface area contributed by atoms with Gasteiger partial charge in [-0.25, -0.2) is 19.5 Å². The Morgan fingerprint density at radius 3 is 2.44 bits per heavy atom. The van der Waals surface area contributed by atoms with E-state index in [1.165, 1.54) is 29.6 Å². The van der Waals surface area contributed by atoms with Crippen molar-refractivity contribution in [2.24, 2.45) is 5.73 Å². The zero-order valence-corrected chi connectivity index (χ0v) is 20.0. The first-order valence-corrected chi connectivity index (χ1v) is 12.0. The lowest BCUT2D eigenvalue weighted by Crippen LogP contribution is -2.33. The molecule has 3 aromatic heterocycles. The zero-order valence-electron chi connectivity index (χ0n) is 18.3. The van der Waals surface area contributed by atoms with Crippen molar-refractivity contribution in [2.75, 3.05) is 18.1 Å². The maximum Gasteiger partial charge on any atom is 0.469 e. The Labute approximate surface area is 208 Å². The molecule has 1 unspecified atom stereocenters.